The van der Waals surface area contributed by atoms with E-state index in [4.69, 9.17) is 14.4 Å². The van der Waals surface area contributed by atoms with Crippen LogP contribution in [0.3, 0.4) is 0 Å². The van der Waals surface area contributed by atoms with Crippen molar-refractivity contribution in [3.63, 3.8) is 0 Å². The van der Waals surface area contributed by atoms with E-state index in [-0.39, 0.29) is 6.17 Å². The topological polar surface area (TPSA) is 49.9 Å². The van der Waals surface area contributed by atoms with Crippen molar-refractivity contribution in [3.8, 4) is 22.3 Å². The van der Waals surface area contributed by atoms with Gasteiger partial charge in [0.05, 0.1) is 0 Å². The molecule has 1 aliphatic rings. The highest BCUT2D eigenvalue weighted by atomic mass is 16.3. The van der Waals surface area contributed by atoms with Crippen molar-refractivity contribution in [3.05, 3.63) is 193 Å². The zero-order chi connectivity index (χ0) is 33.7. The van der Waals surface area contributed by atoms with E-state index in [0.29, 0.717) is 5.84 Å². The van der Waals surface area contributed by atoms with Gasteiger partial charge in [-0.1, -0.05) is 146 Å². The van der Waals surface area contributed by atoms with Crippen LogP contribution in [0.25, 0.3) is 65.7 Å². The maximum atomic E-state index is 6.59. The molecule has 0 bridgehead atoms. The molecule has 0 saturated heterocycles. The lowest BCUT2D eigenvalue weighted by atomic mass is 9.94. The van der Waals surface area contributed by atoms with Crippen molar-refractivity contribution in [1.82, 2.24) is 5.32 Å². The summed E-state index contributed by atoms with van der Waals surface area (Å²) in [5.74, 6) is 1.45. The van der Waals surface area contributed by atoms with Crippen molar-refractivity contribution in [2.45, 2.75) is 6.17 Å². The van der Waals surface area contributed by atoms with Gasteiger partial charge in [-0.25, -0.2) is 9.98 Å². The third-order valence-corrected chi connectivity index (χ3v) is 9.92. The minimum absolute atomic E-state index is 0.335. The number of nitrogens with zero attached hydrogens (tertiary/aromatic N) is 2. The van der Waals surface area contributed by atoms with Gasteiger partial charge in [0.15, 0.2) is 5.84 Å². The molecule has 0 amide bonds. The van der Waals surface area contributed by atoms with Gasteiger partial charge >= 0.3 is 0 Å². The molecule has 240 valence electrons. The predicted molar refractivity (Wildman–Crippen MR) is 211 cm³/mol. The first kappa shape index (κ1) is 29.2. The number of hydrogen-bond acceptors (Lipinski definition) is 4. The molecule has 2 heterocycles. The molecule has 0 saturated carbocycles. The Bertz CT molecular complexity index is 2850. The Morgan fingerprint density at radius 2 is 1.10 bits per heavy atom. The summed E-state index contributed by atoms with van der Waals surface area (Å²) in [7, 11) is 0. The fourth-order valence-electron chi connectivity index (χ4n) is 7.39. The monoisotopic (exact) mass is 653 g/mol. The van der Waals surface area contributed by atoms with Gasteiger partial charge in [0.1, 0.15) is 23.2 Å². The van der Waals surface area contributed by atoms with Gasteiger partial charge in [0.25, 0.3) is 0 Å². The molecule has 1 aromatic heterocycles. The fraction of sp³-hybridized carbons (Fsp3) is 0.0213. The van der Waals surface area contributed by atoms with Gasteiger partial charge < -0.3 is 9.73 Å². The lowest BCUT2D eigenvalue weighted by Gasteiger charge is -2.24. The van der Waals surface area contributed by atoms with Crippen LogP contribution in [0.1, 0.15) is 22.9 Å². The third kappa shape index (κ3) is 5.17. The summed E-state index contributed by atoms with van der Waals surface area (Å²) in [6.45, 7) is 0. The summed E-state index contributed by atoms with van der Waals surface area (Å²) in [5.41, 5.74) is 9.31. The maximum Gasteiger partial charge on any atom is 0.160 e. The molecular formula is C47H31N3O. The van der Waals surface area contributed by atoms with E-state index in [9.17, 15) is 0 Å². The Balaban J connectivity index is 1.13. The number of hydrogen-bond donors (Lipinski definition) is 1. The van der Waals surface area contributed by atoms with Crippen LogP contribution in [-0.2, 0) is 0 Å². The highest BCUT2D eigenvalue weighted by Crippen LogP contribution is 2.38. The SMILES string of the molecule is c1ccc(-c2ccccc2-c2ccc3c(c2)oc2cccc(C4=NC(c5ccc6ccccc6c5)NC(c5ccc6ccccc6c5)=N4)c23)cc1. The standard InChI is InChI=1S/C47H31N3O/c1-2-13-32(14-3-1)38-17-8-9-18-39(38)35-25-26-40-43(29-35)51-42-20-10-19-41(44(40)42)47-49-45(36-23-21-30-11-4-6-15-33(30)27-36)48-46(50-47)37-24-22-31-12-5-7-16-34(31)28-37/h1-29,45H,(H,48,49,50). The number of aliphatic imine (C=N–C) groups is 2. The van der Waals surface area contributed by atoms with Crippen LogP contribution in [0, 0.1) is 0 Å². The minimum atomic E-state index is -0.335. The van der Waals surface area contributed by atoms with Crippen LogP contribution in [0.5, 0.6) is 0 Å². The molecule has 0 aliphatic carbocycles. The normalized spacial score (nSPS) is 14.5. The predicted octanol–water partition coefficient (Wildman–Crippen LogP) is 11.7. The van der Waals surface area contributed by atoms with E-state index in [1.165, 1.54) is 32.7 Å². The highest BCUT2D eigenvalue weighted by Gasteiger charge is 2.24. The van der Waals surface area contributed by atoms with Crippen molar-refractivity contribution in [2.75, 3.05) is 0 Å². The van der Waals surface area contributed by atoms with Gasteiger partial charge in [-0.15, -0.1) is 0 Å². The fourth-order valence-corrected chi connectivity index (χ4v) is 7.39. The van der Waals surface area contributed by atoms with E-state index in [1.807, 2.05) is 12.1 Å². The van der Waals surface area contributed by atoms with Gasteiger partial charge in [-0.05, 0) is 79.7 Å². The van der Waals surface area contributed by atoms with E-state index >= 15 is 0 Å². The van der Waals surface area contributed by atoms with Gasteiger partial charge in [0, 0.05) is 21.9 Å². The summed E-state index contributed by atoms with van der Waals surface area (Å²) in [4.78, 5) is 10.5. The smallest absolute Gasteiger partial charge is 0.160 e. The second-order valence-electron chi connectivity index (χ2n) is 13.0. The molecule has 0 spiro atoms. The van der Waals surface area contributed by atoms with Crippen LogP contribution >= 0.6 is 0 Å². The summed E-state index contributed by atoms with van der Waals surface area (Å²) in [5, 5.41) is 10.5. The van der Waals surface area contributed by atoms with Gasteiger partial charge in [-0.2, -0.15) is 0 Å². The average Bonchev–Trinajstić information content (AvgIpc) is 3.59. The molecule has 4 heteroatoms. The number of fused-ring (bicyclic) bond motifs is 5. The maximum absolute atomic E-state index is 6.59. The Hall–Kier alpha value is -6.78. The summed E-state index contributed by atoms with van der Waals surface area (Å²) >= 11 is 0. The average molecular weight is 654 g/mol. The molecule has 1 atom stereocenters. The minimum Gasteiger partial charge on any atom is -0.456 e. The van der Waals surface area contributed by atoms with Crippen LogP contribution in [0.2, 0.25) is 0 Å². The summed E-state index contributed by atoms with van der Waals surface area (Å²) < 4.78 is 6.59. The molecule has 9 aromatic rings. The van der Waals surface area contributed by atoms with E-state index < -0.39 is 0 Å². The first-order chi connectivity index (χ1) is 25.2. The summed E-state index contributed by atoms with van der Waals surface area (Å²) in [6.07, 6.45) is -0.335. The number of amidine groups is 2. The van der Waals surface area contributed by atoms with Crippen molar-refractivity contribution < 1.29 is 4.42 Å². The second-order valence-corrected chi connectivity index (χ2v) is 13.0. The Morgan fingerprint density at radius 3 is 1.90 bits per heavy atom. The molecule has 1 N–H and O–H groups in total. The Morgan fingerprint density at radius 1 is 0.451 bits per heavy atom. The quantitative estimate of drug-likeness (QED) is 0.201. The zero-order valence-electron chi connectivity index (χ0n) is 27.6. The molecule has 10 rings (SSSR count). The molecule has 8 aromatic carbocycles. The number of rotatable bonds is 5. The Kier molecular flexibility index (Phi) is 6.85. The largest absolute Gasteiger partial charge is 0.456 e. The number of benzene rings is 8. The molecular weight excluding hydrogens is 623 g/mol. The van der Waals surface area contributed by atoms with Crippen molar-refractivity contribution >= 4 is 55.2 Å². The van der Waals surface area contributed by atoms with E-state index in [1.54, 1.807) is 0 Å². The second kappa shape index (κ2) is 12.0. The zero-order valence-corrected chi connectivity index (χ0v) is 27.6. The van der Waals surface area contributed by atoms with E-state index in [0.717, 1.165) is 55.6 Å². The van der Waals surface area contributed by atoms with Crippen LogP contribution < -0.4 is 5.32 Å². The lowest BCUT2D eigenvalue weighted by Crippen LogP contribution is -2.33. The summed E-state index contributed by atoms with van der Waals surface area (Å²) in [6, 6.07) is 61.7. The first-order valence-electron chi connectivity index (χ1n) is 17.3. The van der Waals surface area contributed by atoms with Crippen molar-refractivity contribution in [1.29, 1.82) is 0 Å². The van der Waals surface area contributed by atoms with Crippen molar-refractivity contribution in [2.24, 2.45) is 9.98 Å². The van der Waals surface area contributed by atoms with Crippen LogP contribution in [0.15, 0.2) is 190 Å². The highest BCUT2D eigenvalue weighted by molar-refractivity contribution is 6.22. The molecule has 0 radical (unpaired) electrons. The molecule has 0 fully saturated rings. The number of furan rings is 1. The molecule has 1 aliphatic heterocycles. The lowest BCUT2D eigenvalue weighted by molar-refractivity contribution is 0.668. The molecule has 1 unspecified atom stereocenters. The first-order valence-corrected chi connectivity index (χ1v) is 17.3. The molecule has 4 nitrogen and oxygen atoms in total. The van der Waals surface area contributed by atoms with Gasteiger partial charge in [-0.3, -0.25) is 0 Å². The molecule has 51 heavy (non-hydrogen) atoms. The van der Waals surface area contributed by atoms with Crippen LogP contribution in [0.4, 0.5) is 0 Å². The van der Waals surface area contributed by atoms with Crippen LogP contribution in [-0.4, -0.2) is 11.7 Å². The van der Waals surface area contributed by atoms with E-state index in [2.05, 4.69) is 169 Å². The third-order valence-electron chi connectivity index (χ3n) is 9.92. The Labute approximate surface area is 295 Å². The van der Waals surface area contributed by atoms with Gasteiger partial charge in [0.2, 0.25) is 0 Å². The number of nitrogens with one attached hydrogen (secondary N) is 1.